The Morgan fingerprint density at radius 2 is 2.00 bits per heavy atom. The molecule has 0 spiro atoms. The summed E-state index contributed by atoms with van der Waals surface area (Å²) in [5.74, 6) is -6.32. The van der Waals surface area contributed by atoms with E-state index in [0.717, 1.165) is 18.2 Å². The molecule has 18 heavy (non-hydrogen) atoms. The fourth-order valence-corrected chi connectivity index (χ4v) is 1.05. The Labute approximate surface area is 98.8 Å². The monoisotopic (exact) mass is 268 g/mol. The summed E-state index contributed by atoms with van der Waals surface area (Å²) in [6.07, 6.45) is -3.89. The van der Waals surface area contributed by atoms with Gasteiger partial charge in [0.15, 0.2) is 0 Å². The maximum absolute atomic E-state index is 13.0. The number of anilines is 1. The number of alkyl halides is 4. The lowest BCUT2D eigenvalue weighted by Gasteiger charge is -2.15. The lowest BCUT2D eigenvalue weighted by Crippen LogP contribution is -2.41. The molecule has 1 amide bonds. The number of nitrogens with one attached hydrogen (secondary N) is 1. The summed E-state index contributed by atoms with van der Waals surface area (Å²) in [5, 5.41) is 1.59. The van der Waals surface area contributed by atoms with Gasteiger partial charge in [0.2, 0.25) is 0 Å². The van der Waals surface area contributed by atoms with Gasteiger partial charge in [-0.3, -0.25) is 4.79 Å². The molecule has 0 bridgehead atoms. The van der Waals surface area contributed by atoms with Crippen molar-refractivity contribution >= 4 is 11.6 Å². The first kappa shape index (κ1) is 14.2. The standard InChI is InChI=1S/C10H9F5N2O/c11-6-3-5(1-2-7(6)16)8(18)17-4-10(14,15)9(12)13/h1-3,9H,4,16H2,(H,17,18). The van der Waals surface area contributed by atoms with E-state index in [9.17, 15) is 26.7 Å². The van der Waals surface area contributed by atoms with Crippen LogP contribution >= 0.6 is 0 Å². The van der Waals surface area contributed by atoms with Crippen LogP contribution in [0.5, 0.6) is 0 Å². The molecule has 0 aliphatic rings. The number of carbonyl (C=O) groups is 1. The second-order valence-electron chi connectivity index (χ2n) is 3.48. The summed E-state index contributed by atoms with van der Waals surface area (Å²) in [4.78, 5) is 11.3. The Balaban J connectivity index is 2.69. The minimum atomic E-state index is -4.33. The summed E-state index contributed by atoms with van der Waals surface area (Å²) in [5.41, 5.74) is 4.64. The van der Waals surface area contributed by atoms with E-state index in [2.05, 4.69) is 0 Å². The highest BCUT2D eigenvalue weighted by atomic mass is 19.3. The minimum Gasteiger partial charge on any atom is -0.396 e. The molecule has 3 nitrogen and oxygen atoms in total. The largest absolute Gasteiger partial charge is 0.396 e. The minimum absolute atomic E-state index is 0.218. The maximum atomic E-state index is 13.0. The van der Waals surface area contributed by atoms with E-state index in [4.69, 9.17) is 5.73 Å². The van der Waals surface area contributed by atoms with Crippen molar-refractivity contribution in [3.05, 3.63) is 29.6 Å². The van der Waals surface area contributed by atoms with Crippen molar-refractivity contribution in [3.8, 4) is 0 Å². The molecule has 1 rings (SSSR count). The van der Waals surface area contributed by atoms with Gasteiger partial charge in [0.25, 0.3) is 5.91 Å². The molecular formula is C10H9F5N2O. The fourth-order valence-electron chi connectivity index (χ4n) is 1.05. The van der Waals surface area contributed by atoms with Crippen molar-refractivity contribution in [2.45, 2.75) is 12.3 Å². The lowest BCUT2D eigenvalue weighted by atomic mass is 10.2. The van der Waals surface area contributed by atoms with Gasteiger partial charge in [-0.25, -0.2) is 13.2 Å². The Hall–Kier alpha value is -1.86. The van der Waals surface area contributed by atoms with Crippen molar-refractivity contribution < 1.29 is 26.7 Å². The highest BCUT2D eigenvalue weighted by Crippen LogP contribution is 2.21. The molecule has 0 heterocycles. The Morgan fingerprint density at radius 1 is 1.39 bits per heavy atom. The summed E-state index contributed by atoms with van der Waals surface area (Å²) in [7, 11) is 0. The zero-order valence-electron chi connectivity index (χ0n) is 8.89. The Morgan fingerprint density at radius 3 is 2.50 bits per heavy atom. The van der Waals surface area contributed by atoms with Crippen LogP contribution < -0.4 is 11.1 Å². The zero-order chi connectivity index (χ0) is 13.9. The predicted octanol–water partition coefficient (Wildman–Crippen LogP) is 2.04. The van der Waals surface area contributed by atoms with E-state index in [1.165, 1.54) is 0 Å². The van der Waals surface area contributed by atoms with Crippen molar-refractivity contribution in [1.29, 1.82) is 0 Å². The number of hydrogen-bond acceptors (Lipinski definition) is 2. The molecular weight excluding hydrogens is 259 g/mol. The average Bonchev–Trinajstić information content (AvgIpc) is 2.29. The molecule has 0 aliphatic carbocycles. The molecule has 1 aromatic rings. The van der Waals surface area contributed by atoms with Crippen LogP contribution in [-0.2, 0) is 0 Å². The van der Waals surface area contributed by atoms with Crippen LogP contribution in [0.25, 0.3) is 0 Å². The molecule has 0 unspecified atom stereocenters. The molecule has 0 aromatic heterocycles. The van der Waals surface area contributed by atoms with E-state index in [0.29, 0.717) is 0 Å². The number of nitrogen functional groups attached to an aromatic ring is 1. The van der Waals surface area contributed by atoms with E-state index in [1.54, 1.807) is 5.32 Å². The van der Waals surface area contributed by atoms with E-state index >= 15 is 0 Å². The van der Waals surface area contributed by atoms with Crippen LogP contribution in [0.15, 0.2) is 18.2 Å². The second kappa shape index (κ2) is 5.19. The number of halogens is 5. The molecule has 3 N–H and O–H groups in total. The molecule has 8 heteroatoms. The quantitative estimate of drug-likeness (QED) is 0.648. The first-order chi connectivity index (χ1) is 8.24. The lowest BCUT2D eigenvalue weighted by molar-refractivity contribution is -0.123. The number of rotatable bonds is 4. The van der Waals surface area contributed by atoms with Gasteiger partial charge in [0, 0.05) is 5.56 Å². The van der Waals surface area contributed by atoms with Crippen molar-refractivity contribution in [2.24, 2.45) is 0 Å². The van der Waals surface area contributed by atoms with Gasteiger partial charge in [-0.05, 0) is 18.2 Å². The van der Waals surface area contributed by atoms with Crippen molar-refractivity contribution in [1.82, 2.24) is 5.32 Å². The van der Waals surface area contributed by atoms with Crippen LogP contribution in [0.4, 0.5) is 27.6 Å². The van der Waals surface area contributed by atoms with Gasteiger partial charge < -0.3 is 11.1 Å². The maximum Gasteiger partial charge on any atom is 0.324 e. The first-order valence-electron chi connectivity index (χ1n) is 4.73. The van der Waals surface area contributed by atoms with Gasteiger partial charge in [0.1, 0.15) is 5.82 Å². The molecule has 0 atom stereocenters. The van der Waals surface area contributed by atoms with Crippen molar-refractivity contribution in [2.75, 3.05) is 12.3 Å². The number of amides is 1. The molecule has 0 aliphatic heterocycles. The number of hydrogen-bond donors (Lipinski definition) is 2. The molecule has 0 saturated heterocycles. The van der Waals surface area contributed by atoms with Crippen LogP contribution in [0.3, 0.4) is 0 Å². The Bertz CT molecular complexity index is 450. The van der Waals surface area contributed by atoms with Crippen LogP contribution in [0.1, 0.15) is 10.4 Å². The third-order valence-electron chi connectivity index (χ3n) is 2.07. The van der Waals surface area contributed by atoms with Gasteiger partial charge in [-0.2, -0.15) is 8.78 Å². The van der Waals surface area contributed by atoms with E-state index < -0.39 is 30.6 Å². The van der Waals surface area contributed by atoms with Gasteiger partial charge in [0.05, 0.1) is 12.2 Å². The first-order valence-corrected chi connectivity index (χ1v) is 4.73. The van der Waals surface area contributed by atoms with Gasteiger partial charge in [-0.1, -0.05) is 0 Å². The number of nitrogens with two attached hydrogens (primary N) is 1. The Kier molecular flexibility index (Phi) is 4.10. The summed E-state index contributed by atoms with van der Waals surface area (Å²) in [6, 6.07) is 2.88. The second-order valence-corrected chi connectivity index (χ2v) is 3.48. The summed E-state index contributed by atoms with van der Waals surface area (Å²) < 4.78 is 61.6. The predicted molar refractivity (Wildman–Crippen MR) is 54.1 cm³/mol. The number of benzene rings is 1. The normalized spacial score (nSPS) is 11.7. The smallest absolute Gasteiger partial charge is 0.324 e. The van der Waals surface area contributed by atoms with Crippen molar-refractivity contribution in [3.63, 3.8) is 0 Å². The highest BCUT2D eigenvalue weighted by Gasteiger charge is 2.40. The van der Waals surface area contributed by atoms with E-state index in [1.807, 2.05) is 0 Å². The topological polar surface area (TPSA) is 55.1 Å². The van der Waals surface area contributed by atoms with Gasteiger partial charge >= 0.3 is 12.3 Å². The van der Waals surface area contributed by atoms with Crippen LogP contribution in [0, 0.1) is 5.82 Å². The van der Waals surface area contributed by atoms with Gasteiger partial charge in [-0.15, -0.1) is 0 Å². The number of carbonyl (C=O) groups excluding carboxylic acids is 1. The average molecular weight is 268 g/mol. The van der Waals surface area contributed by atoms with Crippen LogP contribution in [-0.4, -0.2) is 24.8 Å². The third-order valence-corrected chi connectivity index (χ3v) is 2.07. The summed E-state index contributed by atoms with van der Waals surface area (Å²) in [6.45, 7) is -1.53. The SMILES string of the molecule is Nc1ccc(C(=O)NCC(F)(F)C(F)F)cc1F. The highest BCUT2D eigenvalue weighted by molar-refractivity contribution is 5.94. The molecule has 0 fully saturated rings. The summed E-state index contributed by atoms with van der Waals surface area (Å²) >= 11 is 0. The third kappa shape index (κ3) is 3.31. The molecule has 0 radical (unpaired) electrons. The fraction of sp³-hybridized carbons (Fsp3) is 0.300. The van der Waals surface area contributed by atoms with E-state index in [-0.39, 0.29) is 11.3 Å². The van der Waals surface area contributed by atoms with Crippen LogP contribution in [0.2, 0.25) is 0 Å². The molecule has 100 valence electrons. The molecule has 0 saturated carbocycles. The molecule has 1 aromatic carbocycles. The zero-order valence-corrected chi connectivity index (χ0v) is 8.89.